The number of rotatable bonds is 8. The highest BCUT2D eigenvalue weighted by Gasteiger charge is 2.48. The topological polar surface area (TPSA) is 38.2 Å². The molecular formula is C25H34FN3O. The van der Waals surface area contributed by atoms with Gasteiger partial charge in [0.15, 0.2) is 0 Å². The fraction of sp³-hybridized carbons (Fsp3) is 0.600. The Labute approximate surface area is 179 Å². The lowest BCUT2D eigenvalue weighted by atomic mass is 9.81. The second kappa shape index (κ2) is 9.11. The van der Waals surface area contributed by atoms with Crippen molar-refractivity contribution >= 4 is 0 Å². The van der Waals surface area contributed by atoms with Gasteiger partial charge in [-0.05, 0) is 76.3 Å². The van der Waals surface area contributed by atoms with Crippen molar-refractivity contribution < 1.29 is 9.13 Å². The lowest BCUT2D eigenvalue weighted by molar-refractivity contribution is 0.0332. The van der Waals surface area contributed by atoms with Gasteiger partial charge in [-0.2, -0.15) is 0 Å². The van der Waals surface area contributed by atoms with E-state index in [1.165, 1.54) is 43.5 Å². The van der Waals surface area contributed by atoms with Crippen LogP contribution in [-0.2, 0) is 16.7 Å². The smallest absolute Gasteiger partial charge is 0.141 e. The lowest BCUT2D eigenvalue weighted by Gasteiger charge is -2.41. The minimum absolute atomic E-state index is 0.114. The molecule has 0 radical (unpaired) electrons. The summed E-state index contributed by atoms with van der Waals surface area (Å²) in [6.07, 6.45) is 11.4. The van der Waals surface area contributed by atoms with Crippen LogP contribution >= 0.6 is 0 Å². The maximum atomic E-state index is 13.2. The first-order chi connectivity index (χ1) is 14.6. The average Bonchev–Trinajstić information content (AvgIpc) is 3.41. The molecular weight excluding hydrogens is 377 g/mol. The Kier molecular flexibility index (Phi) is 6.49. The van der Waals surface area contributed by atoms with E-state index in [0.29, 0.717) is 0 Å². The van der Waals surface area contributed by atoms with Crippen LogP contribution in [0.5, 0.6) is 0 Å². The Morgan fingerprint density at radius 2 is 1.90 bits per heavy atom. The van der Waals surface area contributed by atoms with Crippen molar-refractivity contribution in [3.63, 3.8) is 0 Å². The number of halogens is 1. The molecule has 0 bridgehead atoms. The molecule has 2 aliphatic rings. The van der Waals surface area contributed by atoms with Gasteiger partial charge in [-0.25, -0.2) is 4.39 Å². The second-order valence-electron chi connectivity index (χ2n) is 9.20. The standard InChI is InChI=1S/C25H34FN3O/c1-3-30-19-24(13-10-23-9-8-22(26)17-28-23)14-15-29(18-24)25(11-4-5-12-25)21-7-6-20(2)27-16-21/h6-9,16-17H,3-5,10-15,18-19H2,1-2H3/t24-/m1/s1. The fourth-order valence-corrected chi connectivity index (χ4v) is 5.45. The Morgan fingerprint density at radius 3 is 2.57 bits per heavy atom. The Hall–Kier alpha value is -1.85. The van der Waals surface area contributed by atoms with Crippen molar-refractivity contribution in [2.24, 2.45) is 5.41 Å². The van der Waals surface area contributed by atoms with Gasteiger partial charge in [0.1, 0.15) is 5.82 Å². The lowest BCUT2D eigenvalue weighted by Crippen LogP contribution is -2.45. The molecule has 0 aromatic carbocycles. The quantitative estimate of drug-likeness (QED) is 0.609. The van der Waals surface area contributed by atoms with Crippen molar-refractivity contribution in [2.75, 3.05) is 26.3 Å². The van der Waals surface area contributed by atoms with Gasteiger partial charge in [-0.3, -0.25) is 14.9 Å². The van der Waals surface area contributed by atoms with Gasteiger partial charge in [0.2, 0.25) is 0 Å². The Morgan fingerprint density at radius 1 is 1.07 bits per heavy atom. The molecule has 4 rings (SSSR count). The van der Waals surface area contributed by atoms with E-state index in [-0.39, 0.29) is 16.8 Å². The minimum Gasteiger partial charge on any atom is -0.381 e. The van der Waals surface area contributed by atoms with Crippen molar-refractivity contribution in [3.05, 3.63) is 59.4 Å². The summed E-state index contributed by atoms with van der Waals surface area (Å²) in [5.41, 5.74) is 3.65. The summed E-state index contributed by atoms with van der Waals surface area (Å²) >= 11 is 0. The summed E-state index contributed by atoms with van der Waals surface area (Å²) in [7, 11) is 0. The summed E-state index contributed by atoms with van der Waals surface area (Å²) in [6.45, 7) is 7.78. The van der Waals surface area contributed by atoms with Gasteiger partial charge in [0.25, 0.3) is 0 Å². The highest BCUT2D eigenvalue weighted by Crippen LogP contribution is 2.49. The highest BCUT2D eigenvalue weighted by molar-refractivity contribution is 5.25. The molecule has 4 nitrogen and oxygen atoms in total. The van der Waals surface area contributed by atoms with Crippen molar-refractivity contribution in [1.29, 1.82) is 0 Å². The first-order valence-electron chi connectivity index (χ1n) is 11.4. The predicted molar refractivity (Wildman–Crippen MR) is 117 cm³/mol. The maximum Gasteiger partial charge on any atom is 0.141 e. The summed E-state index contributed by atoms with van der Waals surface area (Å²) in [6, 6.07) is 7.76. The van der Waals surface area contributed by atoms with E-state index >= 15 is 0 Å². The van der Waals surface area contributed by atoms with Gasteiger partial charge in [0.05, 0.1) is 12.8 Å². The molecule has 162 valence electrons. The molecule has 30 heavy (non-hydrogen) atoms. The molecule has 0 amide bonds. The molecule has 0 spiro atoms. The molecule has 0 N–H and O–H groups in total. The number of nitrogens with zero attached hydrogens (tertiary/aromatic N) is 3. The van der Waals surface area contributed by atoms with E-state index in [2.05, 4.69) is 47.0 Å². The molecule has 1 aliphatic heterocycles. The number of hydrogen-bond acceptors (Lipinski definition) is 4. The number of ether oxygens (including phenoxy) is 1. The number of pyridine rings is 2. The fourth-order valence-electron chi connectivity index (χ4n) is 5.45. The van der Waals surface area contributed by atoms with E-state index in [9.17, 15) is 4.39 Å². The average molecular weight is 412 g/mol. The summed E-state index contributed by atoms with van der Waals surface area (Å²) in [5.74, 6) is -0.273. The van der Waals surface area contributed by atoms with Crippen molar-refractivity contribution in [2.45, 2.75) is 64.3 Å². The van der Waals surface area contributed by atoms with E-state index in [4.69, 9.17) is 4.74 Å². The molecule has 0 unspecified atom stereocenters. The molecule has 3 heterocycles. The monoisotopic (exact) mass is 411 g/mol. The molecule has 2 fully saturated rings. The van der Waals surface area contributed by atoms with Crippen LogP contribution in [0, 0.1) is 18.2 Å². The van der Waals surface area contributed by atoms with Crippen molar-refractivity contribution in [1.82, 2.24) is 14.9 Å². The Balaban J connectivity index is 1.53. The third-order valence-corrected chi connectivity index (χ3v) is 7.24. The zero-order valence-corrected chi connectivity index (χ0v) is 18.4. The zero-order valence-electron chi connectivity index (χ0n) is 18.4. The predicted octanol–water partition coefficient (Wildman–Crippen LogP) is 5.05. The summed E-state index contributed by atoms with van der Waals surface area (Å²) < 4.78 is 19.2. The maximum absolute atomic E-state index is 13.2. The third-order valence-electron chi connectivity index (χ3n) is 7.24. The largest absolute Gasteiger partial charge is 0.381 e. The zero-order chi connectivity index (χ0) is 21.0. The van der Waals surface area contributed by atoms with Crippen LogP contribution in [0.4, 0.5) is 4.39 Å². The van der Waals surface area contributed by atoms with Crippen LogP contribution in [0.2, 0.25) is 0 Å². The molecule has 5 heteroatoms. The van der Waals surface area contributed by atoms with Gasteiger partial charge < -0.3 is 4.74 Å². The first kappa shape index (κ1) is 21.4. The molecule has 2 aromatic rings. The van der Waals surface area contributed by atoms with E-state index in [0.717, 1.165) is 57.0 Å². The first-order valence-corrected chi connectivity index (χ1v) is 11.4. The van der Waals surface area contributed by atoms with Crippen LogP contribution < -0.4 is 0 Å². The Bertz CT molecular complexity index is 817. The minimum atomic E-state index is -0.273. The van der Waals surface area contributed by atoms with E-state index < -0.39 is 0 Å². The van der Waals surface area contributed by atoms with Crippen molar-refractivity contribution in [3.8, 4) is 0 Å². The van der Waals surface area contributed by atoms with Crippen LogP contribution in [-0.4, -0.2) is 41.2 Å². The summed E-state index contributed by atoms with van der Waals surface area (Å²) in [4.78, 5) is 11.6. The molecule has 1 saturated carbocycles. The number of aryl methyl sites for hydroxylation is 2. The van der Waals surface area contributed by atoms with Gasteiger partial charge in [0, 0.05) is 41.7 Å². The highest BCUT2D eigenvalue weighted by atomic mass is 19.1. The van der Waals surface area contributed by atoms with Crippen LogP contribution in [0.15, 0.2) is 36.7 Å². The molecule has 1 atom stereocenters. The third kappa shape index (κ3) is 4.42. The van der Waals surface area contributed by atoms with E-state index in [1.807, 2.05) is 6.07 Å². The number of hydrogen-bond donors (Lipinski definition) is 0. The normalized spacial score (nSPS) is 23.8. The van der Waals surface area contributed by atoms with Crippen LogP contribution in [0.25, 0.3) is 0 Å². The number of likely N-dealkylation sites (tertiary alicyclic amines) is 1. The summed E-state index contributed by atoms with van der Waals surface area (Å²) in [5, 5.41) is 0. The molecule has 2 aromatic heterocycles. The van der Waals surface area contributed by atoms with Gasteiger partial charge in [-0.1, -0.05) is 18.9 Å². The SMILES string of the molecule is CCOC[C@]1(CCc2ccc(F)cn2)CCN(C2(c3ccc(C)nc3)CCCC2)C1. The van der Waals surface area contributed by atoms with Crippen LogP contribution in [0.1, 0.15) is 62.4 Å². The molecule has 1 saturated heterocycles. The van der Waals surface area contributed by atoms with Gasteiger partial charge in [-0.15, -0.1) is 0 Å². The molecule has 1 aliphatic carbocycles. The van der Waals surface area contributed by atoms with Crippen LogP contribution in [0.3, 0.4) is 0 Å². The van der Waals surface area contributed by atoms with Gasteiger partial charge >= 0.3 is 0 Å². The van der Waals surface area contributed by atoms with E-state index in [1.54, 1.807) is 0 Å². The number of aromatic nitrogens is 2. The second-order valence-corrected chi connectivity index (χ2v) is 9.20.